The molecule has 1 heterocycles. The highest BCUT2D eigenvalue weighted by Crippen LogP contribution is 2.31. The van der Waals surface area contributed by atoms with Crippen LogP contribution in [0.25, 0.3) is 0 Å². The third-order valence-electron chi connectivity index (χ3n) is 3.06. The topological polar surface area (TPSA) is 30.5 Å². The molecule has 17 heavy (non-hydrogen) atoms. The number of benzene rings is 1. The molecule has 0 saturated heterocycles. The van der Waals surface area contributed by atoms with Gasteiger partial charge in [-0.3, -0.25) is 0 Å². The molecule has 1 aliphatic heterocycles. The zero-order valence-corrected chi connectivity index (χ0v) is 10.6. The molecule has 0 fully saturated rings. The van der Waals surface area contributed by atoms with Crippen molar-refractivity contribution in [3.05, 3.63) is 29.8 Å². The molecule has 1 aromatic rings. The fourth-order valence-electron chi connectivity index (χ4n) is 2.21. The van der Waals surface area contributed by atoms with Gasteiger partial charge in [0.1, 0.15) is 5.75 Å². The largest absolute Gasteiger partial charge is 0.493 e. The van der Waals surface area contributed by atoms with E-state index in [4.69, 9.17) is 9.47 Å². The highest BCUT2D eigenvalue weighted by Gasteiger charge is 2.20. The zero-order chi connectivity index (χ0) is 12.1. The van der Waals surface area contributed by atoms with E-state index in [1.807, 2.05) is 19.1 Å². The summed E-state index contributed by atoms with van der Waals surface area (Å²) >= 11 is 0. The zero-order valence-electron chi connectivity index (χ0n) is 10.6. The van der Waals surface area contributed by atoms with Crippen molar-refractivity contribution in [2.45, 2.75) is 32.4 Å². The fourth-order valence-corrected chi connectivity index (χ4v) is 2.21. The summed E-state index contributed by atoms with van der Waals surface area (Å²) in [5, 5.41) is 3.56. The van der Waals surface area contributed by atoms with Crippen molar-refractivity contribution in [1.29, 1.82) is 0 Å². The number of fused-ring (bicyclic) bond motifs is 1. The molecule has 1 N–H and O–H groups in total. The van der Waals surface area contributed by atoms with E-state index in [0.29, 0.717) is 6.04 Å². The Hall–Kier alpha value is -1.06. The Morgan fingerprint density at radius 1 is 1.47 bits per heavy atom. The van der Waals surface area contributed by atoms with Gasteiger partial charge in [-0.25, -0.2) is 0 Å². The van der Waals surface area contributed by atoms with Gasteiger partial charge in [0.05, 0.1) is 12.7 Å². The molecule has 2 rings (SSSR count). The summed E-state index contributed by atoms with van der Waals surface area (Å²) in [7, 11) is 0. The SMILES string of the molecule is CCOC(C)CNC1CCOc2ccccc21. The second-order valence-electron chi connectivity index (χ2n) is 4.40. The molecule has 2 unspecified atom stereocenters. The monoisotopic (exact) mass is 235 g/mol. The second kappa shape index (κ2) is 6.03. The maximum absolute atomic E-state index is 5.64. The number of ether oxygens (including phenoxy) is 2. The summed E-state index contributed by atoms with van der Waals surface area (Å²) < 4.78 is 11.2. The normalized spacial score (nSPS) is 20.5. The first-order valence-electron chi connectivity index (χ1n) is 6.38. The van der Waals surface area contributed by atoms with Crippen LogP contribution in [0.1, 0.15) is 31.9 Å². The highest BCUT2D eigenvalue weighted by molar-refractivity contribution is 5.37. The molecule has 0 aliphatic carbocycles. The lowest BCUT2D eigenvalue weighted by atomic mass is 10.0. The Kier molecular flexibility index (Phi) is 4.40. The molecule has 2 atom stereocenters. The summed E-state index contributed by atoms with van der Waals surface area (Å²) in [6.45, 7) is 6.57. The molecule has 3 nitrogen and oxygen atoms in total. The van der Waals surface area contributed by atoms with Gasteiger partial charge in [-0.15, -0.1) is 0 Å². The molecule has 0 radical (unpaired) electrons. The van der Waals surface area contributed by atoms with Crippen molar-refractivity contribution in [3.63, 3.8) is 0 Å². The van der Waals surface area contributed by atoms with Crippen LogP contribution in [0.2, 0.25) is 0 Å². The maximum Gasteiger partial charge on any atom is 0.124 e. The van der Waals surface area contributed by atoms with Gasteiger partial charge < -0.3 is 14.8 Å². The minimum absolute atomic E-state index is 0.259. The first-order valence-corrected chi connectivity index (χ1v) is 6.38. The Morgan fingerprint density at radius 2 is 2.29 bits per heavy atom. The van der Waals surface area contributed by atoms with Crippen molar-refractivity contribution in [2.75, 3.05) is 19.8 Å². The standard InChI is InChI=1S/C14H21NO2/c1-3-16-11(2)10-15-13-8-9-17-14-7-5-4-6-12(13)14/h4-7,11,13,15H,3,8-10H2,1-2H3. The Balaban J connectivity index is 1.94. The smallest absolute Gasteiger partial charge is 0.124 e. The van der Waals surface area contributed by atoms with Crippen LogP contribution in [0.3, 0.4) is 0 Å². The molecule has 0 bridgehead atoms. The van der Waals surface area contributed by atoms with Gasteiger partial charge in [0, 0.05) is 31.2 Å². The lowest BCUT2D eigenvalue weighted by molar-refractivity contribution is 0.0724. The van der Waals surface area contributed by atoms with Gasteiger partial charge in [-0.2, -0.15) is 0 Å². The molecule has 1 aliphatic rings. The first-order chi connectivity index (χ1) is 8.31. The number of para-hydroxylation sites is 1. The van der Waals surface area contributed by atoms with Crippen molar-refractivity contribution >= 4 is 0 Å². The van der Waals surface area contributed by atoms with Crippen molar-refractivity contribution in [3.8, 4) is 5.75 Å². The van der Waals surface area contributed by atoms with Crippen LogP contribution >= 0.6 is 0 Å². The van der Waals surface area contributed by atoms with Crippen LogP contribution < -0.4 is 10.1 Å². The molecule has 94 valence electrons. The maximum atomic E-state index is 5.64. The molecular weight excluding hydrogens is 214 g/mol. The Labute approximate surface area is 103 Å². The van der Waals surface area contributed by atoms with E-state index < -0.39 is 0 Å². The number of hydrogen-bond donors (Lipinski definition) is 1. The van der Waals surface area contributed by atoms with E-state index in [2.05, 4.69) is 24.4 Å². The molecule has 0 saturated carbocycles. The third-order valence-corrected chi connectivity index (χ3v) is 3.06. The summed E-state index contributed by atoms with van der Waals surface area (Å²) in [5.41, 5.74) is 1.27. The first kappa shape index (κ1) is 12.4. The molecule has 0 amide bonds. The number of rotatable bonds is 5. The fraction of sp³-hybridized carbons (Fsp3) is 0.571. The average Bonchev–Trinajstić information content (AvgIpc) is 2.36. The van der Waals surface area contributed by atoms with Crippen LogP contribution in [0.4, 0.5) is 0 Å². The summed E-state index contributed by atoms with van der Waals surface area (Å²) in [5.74, 6) is 1.01. The van der Waals surface area contributed by atoms with E-state index in [-0.39, 0.29) is 6.10 Å². The predicted octanol–water partition coefficient (Wildman–Crippen LogP) is 2.52. The van der Waals surface area contributed by atoms with Crippen LogP contribution in [0.15, 0.2) is 24.3 Å². The predicted molar refractivity (Wildman–Crippen MR) is 68.4 cm³/mol. The average molecular weight is 235 g/mol. The number of nitrogens with one attached hydrogen (secondary N) is 1. The summed E-state index contributed by atoms with van der Waals surface area (Å²) in [6, 6.07) is 8.65. The van der Waals surface area contributed by atoms with Gasteiger partial charge in [-0.05, 0) is 19.9 Å². The molecular formula is C14H21NO2. The van der Waals surface area contributed by atoms with Gasteiger partial charge >= 0.3 is 0 Å². The molecule has 1 aromatic carbocycles. The molecule has 0 aromatic heterocycles. The van der Waals surface area contributed by atoms with Crippen LogP contribution in [-0.4, -0.2) is 25.9 Å². The van der Waals surface area contributed by atoms with Crippen molar-refractivity contribution < 1.29 is 9.47 Å². The third kappa shape index (κ3) is 3.20. The van der Waals surface area contributed by atoms with Crippen LogP contribution in [0, 0.1) is 0 Å². The van der Waals surface area contributed by atoms with Gasteiger partial charge in [0.25, 0.3) is 0 Å². The molecule has 3 heteroatoms. The van der Waals surface area contributed by atoms with E-state index in [1.54, 1.807) is 0 Å². The van der Waals surface area contributed by atoms with E-state index in [9.17, 15) is 0 Å². The van der Waals surface area contributed by atoms with Gasteiger partial charge in [0.2, 0.25) is 0 Å². The van der Waals surface area contributed by atoms with E-state index >= 15 is 0 Å². The second-order valence-corrected chi connectivity index (χ2v) is 4.40. The van der Waals surface area contributed by atoms with Gasteiger partial charge in [0.15, 0.2) is 0 Å². The van der Waals surface area contributed by atoms with E-state index in [1.165, 1.54) is 5.56 Å². The lowest BCUT2D eigenvalue weighted by Gasteiger charge is -2.27. The minimum Gasteiger partial charge on any atom is -0.493 e. The summed E-state index contributed by atoms with van der Waals surface area (Å²) in [6.07, 6.45) is 1.28. The van der Waals surface area contributed by atoms with Crippen molar-refractivity contribution in [1.82, 2.24) is 5.32 Å². The number of hydrogen-bond acceptors (Lipinski definition) is 3. The Morgan fingerprint density at radius 3 is 3.12 bits per heavy atom. The lowest BCUT2D eigenvalue weighted by Crippen LogP contribution is -2.33. The quantitative estimate of drug-likeness (QED) is 0.850. The molecule has 0 spiro atoms. The Bertz CT molecular complexity index is 354. The van der Waals surface area contributed by atoms with Crippen LogP contribution in [0.5, 0.6) is 5.75 Å². The van der Waals surface area contributed by atoms with Crippen LogP contribution in [-0.2, 0) is 4.74 Å². The van der Waals surface area contributed by atoms with E-state index in [0.717, 1.165) is 31.9 Å². The van der Waals surface area contributed by atoms with Gasteiger partial charge in [-0.1, -0.05) is 18.2 Å². The highest BCUT2D eigenvalue weighted by atomic mass is 16.5. The minimum atomic E-state index is 0.259. The summed E-state index contributed by atoms with van der Waals surface area (Å²) in [4.78, 5) is 0. The van der Waals surface area contributed by atoms with Crippen molar-refractivity contribution in [2.24, 2.45) is 0 Å².